The molecule has 0 aliphatic rings. The molecule has 1 rings (SSSR count). The zero-order valence-corrected chi connectivity index (χ0v) is 11.7. The minimum Gasteiger partial charge on any atom is -0.480 e. The van der Waals surface area contributed by atoms with Crippen LogP contribution in [0.5, 0.6) is 0 Å². The fraction of sp³-hybridized carbons (Fsp3) is 0.636. The van der Waals surface area contributed by atoms with Crippen LogP contribution in [0.1, 0.15) is 36.9 Å². The molecular weight excluding hydrogens is 256 g/mol. The second-order valence-electron chi connectivity index (χ2n) is 4.12. The average Bonchev–Trinajstić information content (AvgIpc) is 2.72. The lowest BCUT2D eigenvalue weighted by Gasteiger charge is -2.04. The van der Waals surface area contributed by atoms with Crippen molar-refractivity contribution in [2.24, 2.45) is 5.73 Å². The molecule has 0 saturated heterocycles. The van der Waals surface area contributed by atoms with E-state index in [0.717, 1.165) is 22.2 Å². The molecule has 0 amide bonds. The summed E-state index contributed by atoms with van der Waals surface area (Å²) in [5.74, 6) is 1.12. The highest BCUT2D eigenvalue weighted by Crippen LogP contribution is 2.22. The maximum Gasteiger partial charge on any atom is 0.320 e. The minimum atomic E-state index is -0.929. The fourth-order valence-corrected chi connectivity index (χ4v) is 3.03. The zero-order chi connectivity index (χ0) is 12.8. The van der Waals surface area contributed by atoms with Gasteiger partial charge in [0.1, 0.15) is 6.04 Å². The monoisotopic (exact) mass is 274 g/mol. The third kappa shape index (κ3) is 5.06. The third-order valence-corrected chi connectivity index (χ3v) is 4.42. The zero-order valence-electron chi connectivity index (χ0n) is 10.0. The van der Waals surface area contributed by atoms with E-state index >= 15 is 0 Å². The number of nitrogens with zero attached hydrogens (tertiary/aromatic N) is 1. The number of rotatable bonds is 7. The van der Waals surface area contributed by atoms with Crippen molar-refractivity contribution in [1.29, 1.82) is 0 Å². The van der Waals surface area contributed by atoms with Gasteiger partial charge in [0.15, 0.2) is 0 Å². The normalized spacial score (nSPS) is 12.9. The molecule has 17 heavy (non-hydrogen) atoms. The minimum absolute atomic E-state index is 0.471. The highest BCUT2D eigenvalue weighted by atomic mass is 32.2. The quantitative estimate of drug-likeness (QED) is 0.746. The molecule has 1 unspecified atom stereocenters. The van der Waals surface area contributed by atoms with Crippen molar-refractivity contribution in [3.8, 4) is 0 Å². The summed E-state index contributed by atoms with van der Waals surface area (Å²) in [6.45, 7) is 4.25. The molecule has 1 atom stereocenters. The lowest BCUT2D eigenvalue weighted by atomic mass is 10.2. The summed E-state index contributed by atoms with van der Waals surface area (Å²) in [4.78, 5) is 15.0. The predicted octanol–water partition coefficient (Wildman–Crippen LogP) is 2.30. The molecule has 1 heterocycles. The summed E-state index contributed by atoms with van der Waals surface area (Å²) >= 11 is 3.36. The second-order valence-corrected chi connectivity index (χ2v) is 6.11. The van der Waals surface area contributed by atoms with Crippen molar-refractivity contribution in [2.45, 2.75) is 38.0 Å². The molecule has 0 aromatic carbocycles. The van der Waals surface area contributed by atoms with Gasteiger partial charge in [-0.1, -0.05) is 13.8 Å². The molecule has 6 heteroatoms. The van der Waals surface area contributed by atoms with E-state index in [1.54, 1.807) is 23.1 Å². The summed E-state index contributed by atoms with van der Waals surface area (Å²) in [5.41, 5.74) is 6.49. The smallest absolute Gasteiger partial charge is 0.320 e. The Morgan fingerprint density at radius 3 is 2.88 bits per heavy atom. The van der Waals surface area contributed by atoms with Crippen LogP contribution in [0.25, 0.3) is 0 Å². The Labute approximate surface area is 110 Å². The van der Waals surface area contributed by atoms with Crippen LogP contribution in [-0.4, -0.2) is 27.9 Å². The van der Waals surface area contributed by atoms with Crippen molar-refractivity contribution in [1.82, 2.24) is 4.98 Å². The van der Waals surface area contributed by atoms with E-state index < -0.39 is 12.0 Å². The molecule has 0 fully saturated rings. The summed E-state index contributed by atoms with van der Waals surface area (Å²) in [5, 5.41) is 11.8. The van der Waals surface area contributed by atoms with Gasteiger partial charge in [0.05, 0.1) is 10.7 Å². The molecule has 1 aromatic rings. The van der Waals surface area contributed by atoms with E-state index in [1.165, 1.54) is 0 Å². The number of aliphatic carboxylic acids is 1. The first-order valence-corrected chi connectivity index (χ1v) is 7.54. The van der Waals surface area contributed by atoms with Gasteiger partial charge in [-0.2, -0.15) is 11.8 Å². The fourth-order valence-electron chi connectivity index (χ4n) is 1.16. The van der Waals surface area contributed by atoms with Crippen molar-refractivity contribution < 1.29 is 9.90 Å². The first-order chi connectivity index (χ1) is 8.00. The number of thioether (sulfide) groups is 1. The highest BCUT2D eigenvalue weighted by molar-refractivity contribution is 7.98. The van der Waals surface area contributed by atoms with Gasteiger partial charge in [0, 0.05) is 17.1 Å². The molecule has 0 aliphatic heterocycles. The van der Waals surface area contributed by atoms with Gasteiger partial charge in [-0.15, -0.1) is 11.3 Å². The number of carboxylic acids is 1. The number of hydrogen-bond acceptors (Lipinski definition) is 5. The van der Waals surface area contributed by atoms with E-state index in [2.05, 4.69) is 24.2 Å². The Hall–Kier alpha value is -0.590. The molecule has 0 aliphatic carbocycles. The summed E-state index contributed by atoms with van der Waals surface area (Å²) < 4.78 is 0. The van der Waals surface area contributed by atoms with Gasteiger partial charge in [0.25, 0.3) is 0 Å². The van der Waals surface area contributed by atoms with Gasteiger partial charge in [-0.05, 0) is 12.2 Å². The topological polar surface area (TPSA) is 76.2 Å². The number of thiazole rings is 1. The Balaban J connectivity index is 2.24. The standard InChI is InChI=1S/C11H18N2O2S2/c1-7(2)10-13-8(6-17-10)5-16-4-3-9(12)11(14)15/h6-7,9H,3-5,12H2,1-2H3,(H,14,15). The molecular formula is C11H18N2O2S2. The highest BCUT2D eigenvalue weighted by Gasteiger charge is 2.11. The van der Waals surface area contributed by atoms with E-state index in [1.807, 2.05) is 0 Å². The third-order valence-electron chi connectivity index (χ3n) is 2.20. The molecule has 1 aromatic heterocycles. The number of nitrogens with two attached hydrogens (primary N) is 1. The van der Waals surface area contributed by atoms with Crippen molar-refractivity contribution in [3.05, 3.63) is 16.1 Å². The SMILES string of the molecule is CC(C)c1nc(CSCCC(N)C(=O)O)cs1. The lowest BCUT2D eigenvalue weighted by molar-refractivity contribution is -0.138. The Morgan fingerprint density at radius 2 is 2.35 bits per heavy atom. The molecule has 0 saturated carbocycles. The van der Waals surface area contributed by atoms with Gasteiger partial charge >= 0.3 is 5.97 Å². The molecule has 0 spiro atoms. The van der Waals surface area contributed by atoms with Crippen LogP contribution in [0.4, 0.5) is 0 Å². The van der Waals surface area contributed by atoms with Crippen molar-refractivity contribution in [3.63, 3.8) is 0 Å². The first kappa shape index (κ1) is 14.5. The molecule has 96 valence electrons. The van der Waals surface area contributed by atoms with Crippen LogP contribution in [0.15, 0.2) is 5.38 Å². The maximum atomic E-state index is 10.5. The van der Waals surface area contributed by atoms with Gasteiger partial charge in [-0.3, -0.25) is 4.79 Å². The summed E-state index contributed by atoms with van der Waals surface area (Å²) in [6, 6.07) is -0.746. The van der Waals surface area contributed by atoms with Crippen molar-refractivity contribution in [2.75, 3.05) is 5.75 Å². The van der Waals surface area contributed by atoms with Crippen LogP contribution >= 0.6 is 23.1 Å². The van der Waals surface area contributed by atoms with Crippen LogP contribution in [-0.2, 0) is 10.5 Å². The largest absolute Gasteiger partial charge is 0.480 e. The van der Waals surface area contributed by atoms with E-state index in [9.17, 15) is 4.79 Å². The van der Waals surface area contributed by atoms with E-state index in [0.29, 0.717) is 12.3 Å². The molecule has 0 radical (unpaired) electrons. The number of aromatic nitrogens is 1. The lowest BCUT2D eigenvalue weighted by Crippen LogP contribution is -2.30. The van der Waals surface area contributed by atoms with E-state index in [-0.39, 0.29) is 0 Å². The van der Waals surface area contributed by atoms with Crippen LogP contribution in [0.2, 0.25) is 0 Å². The Kier molecular flexibility index (Phi) is 5.94. The number of hydrogen-bond donors (Lipinski definition) is 2. The molecule has 4 nitrogen and oxygen atoms in total. The number of carbonyl (C=O) groups is 1. The van der Waals surface area contributed by atoms with Crippen LogP contribution < -0.4 is 5.73 Å². The van der Waals surface area contributed by atoms with E-state index in [4.69, 9.17) is 10.8 Å². The Bertz CT molecular complexity index is 366. The first-order valence-electron chi connectivity index (χ1n) is 5.51. The van der Waals surface area contributed by atoms with Crippen LogP contribution in [0.3, 0.4) is 0 Å². The second kappa shape index (κ2) is 6.98. The Morgan fingerprint density at radius 1 is 1.65 bits per heavy atom. The van der Waals surface area contributed by atoms with Gasteiger partial charge in [-0.25, -0.2) is 4.98 Å². The van der Waals surface area contributed by atoms with Gasteiger partial charge < -0.3 is 10.8 Å². The van der Waals surface area contributed by atoms with Gasteiger partial charge in [0.2, 0.25) is 0 Å². The average molecular weight is 274 g/mol. The number of carboxylic acid groups (broad SMARTS) is 1. The predicted molar refractivity (Wildman–Crippen MR) is 72.6 cm³/mol. The van der Waals surface area contributed by atoms with Crippen molar-refractivity contribution >= 4 is 29.1 Å². The maximum absolute atomic E-state index is 10.5. The van der Waals surface area contributed by atoms with Crippen LogP contribution in [0, 0.1) is 0 Å². The molecule has 3 N–H and O–H groups in total. The summed E-state index contributed by atoms with van der Waals surface area (Å²) in [6.07, 6.45) is 0.501. The molecule has 0 bridgehead atoms. The summed E-state index contributed by atoms with van der Waals surface area (Å²) in [7, 11) is 0.